The molecule has 0 aliphatic carbocycles. The highest BCUT2D eigenvalue weighted by Crippen LogP contribution is 2.41. The van der Waals surface area contributed by atoms with Gasteiger partial charge in [-0.2, -0.15) is 13.2 Å². The smallest absolute Gasteiger partial charge is 0.417 e. The van der Waals surface area contributed by atoms with Gasteiger partial charge >= 0.3 is 6.18 Å². The number of hydrogen-bond acceptors (Lipinski definition) is 2. The lowest BCUT2D eigenvalue weighted by Gasteiger charge is -2.17. The number of halogens is 3. The van der Waals surface area contributed by atoms with E-state index in [-0.39, 0.29) is 11.3 Å². The average molecular weight is 360 g/mol. The summed E-state index contributed by atoms with van der Waals surface area (Å²) in [7, 11) is 1.37. The molecular weight excluding hydrogens is 341 g/mol. The summed E-state index contributed by atoms with van der Waals surface area (Å²) in [6.45, 7) is 2.43. The first kappa shape index (κ1) is 17.0. The molecule has 0 amide bonds. The van der Waals surface area contributed by atoms with Gasteiger partial charge in [0.15, 0.2) is 0 Å². The summed E-state index contributed by atoms with van der Waals surface area (Å²) in [6, 6.07) is 11.8. The van der Waals surface area contributed by atoms with Gasteiger partial charge in [-0.25, -0.2) is 0 Å². The van der Waals surface area contributed by atoms with E-state index in [1.165, 1.54) is 13.2 Å². The van der Waals surface area contributed by atoms with Crippen molar-refractivity contribution in [2.75, 3.05) is 20.2 Å². The number of hydrogen-bond donors (Lipinski definition) is 1. The first-order chi connectivity index (χ1) is 12.5. The van der Waals surface area contributed by atoms with Gasteiger partial charge < -0.3 is 14.6 Å². The first-order valence-electron chi connectivity index (χ1n) is 8.56. The van der Waals surface area contributed by atoms with Gasteiger partial charge in [0.25, 0.3) is 0 Å². The van der Waals surface area contributed by atoms with Gasteiger partial charge in [-0.1, -0.05) is 24.3 Å². The highest BCUT2D eigenvalue weighted by Gasteiger charge is 2.35. The molecule has 6 heteroatoms. The standard InChI is InChI=1S/C20H19F3N2O/c1-26-15-5-6-16(18(12-15)20(21,22)23)17-4-2-3-13-11-14-7-8-24-9-10-25(14)19(13)17/h2-6,11-12,24H,7-10H2,1H3. The number of rotatable bonds is 2. The van der Waals surface area contributed by atoms with Crippen LogP contribution in [0.2, 0.25) is 0 Å². The summed E-state index contributed by atoms with van der Waals surface area (Å²) in [5.74, 6) is 0.200. The number of ether oxygens (including phenoxy) is 1. The average Bonchev–Trinajstić information content (AvgIpc) is 2.82. The zero-order valence-electron chi connectivity index (χ0n) is 14.4. The Labute approximate surface area is 149 Å². The molecule has 0 spiro atoms. The van der Waals surface area contributed by atoms with Gasteiger partial charge in [-0.15, -0.1) is 0 Å². The van der Waals surface area contributed by atoms with Gasteiger partial charge in [0.2, 0.25) is 0 Å². The highest BCUT2D eigenvalue weighted by atomic mass is 19.4. The van der Waals surface area contributed by atoms with Gasteiger partial charge in [0.05, 0.1) is 18.2 Å². The normalized spacial score (nSPS) is 14.9. The molecule has 2 aromatic carbocycles. The lowest BCUT2D eigenvalue weighted by Crippen LogP contribution is -2.17. The molecular formula is C20H19F3N2O. The Hall–Kier alpha value is -2.47. The fourth-order valence-corrected chi connectivity index (χ4v) is 3.71. The summed E-state index contributed by atoms with van der Waals surface area (Å²) >= 11 is 0. The number of alkyl halides is 3. The molecule has 2 heterocycles. The Morgan fingerprint density at radius 2 is 1.88 bits per heavy atom. The molecule has 3 nitrogen and oxygen atoms in total. The molecule has 0 atom stereocenters. The van der Waals surface area contributed by atoms with Crippen molar-refractivity contribution < 1.29 is 17.9 Å². The van der Waals surface area contributed by atoms with Gasteiger partial charge in [-0.3, -0.25) is 0 Å². The van der Waals surface area contributed by atoms with Crippen LogP contribution in [-0.2, 0) is 19.1 Å². The maximum atomic E-state index is 13.7. The van der Waals surface area contributed by atoms with Crippen LogP contribution in [0.1, 0.15) is 11.3 Å². The van der Waals surface area contributed by atoms with Gasteiger partial charge in [0.1, 0.15) is 5.75 Å². The Kier molecular flexibility index (Phi) is 4.15. The summed E-state index contributed by atoms with van der Waals surface area (Å²) < 4.78 is 48.3. The minimum absolute atomic E-state index is 0.182. The van der Waals surface area contributed by atoms with Crippen molar-refractivity contribution in [1.82, 2.24) is 9.88 Å². The van der Waals surface area contributed by atoms with Crippen LogP contribution < -0.4 is 10.1 Å². The zero-order chi connectivity index (χ0) is 18.3. The first-order valence-corrected chi connectivity index (χ1v) is 8.56. The van der Waals surface area contributed by atoms with E-state index in [1.807, 2.05) is 12.1 Å². The van der Waals surface area contributed by atoms with Crippen LogP contribution in [0.15, 0.2) is 42.5 Å². The van der Waals surface area contributed by atoms with Crippen molar-refractivity contribution in [1.29, 1.82) is 0 Å². The van der Waals surface area contributed by atoms with E-state index in [9.17, 15) is 13.2 Å². The van der Waals surface area contributed by atoms with E-state index < -0.39 is 11.7 Å². The monoisotopic (exact) mass is 360 g/mol. The quantitative estimate of drug-likeness (QED) is 0.729. The lowest BCUT2D eigenvalue weighted by atomic mass is 9.97. The summed E-state index contributed by atoms with van der Waals surface area (Å²) in [5.41, 5.74) is 2.13. The predicted octanol–water partition coefficient (Wildman–Crippen LogP) is 4.48. The van der Waals surface area contributed by atoms with E-state index in [0.29, 0.717) is 5.56 Å². The molecule has 0 saturated heterocycles. The van der Waals surface area contributed by atoms with Crippen LogP contribution in [0.4, 0.5) is 13.2 Å². The van der Waals surface area contributed by atoms with Crippen LogP contribution in [0, 0.1) is 0 Å². The second-order valence-electron chi connectivity index (χ2n) is 6.44. The van der Waals surface area contributed by atoms with E-state index in [1.54, 1.807) is 12.1 Å². The van der Waals surface area contributed by atoms with Crippen molar-refractivity contribution in [2.45, 2.75) is 19.1 Å². The number of aromatic nitrogens is 1. The lowest BCUT2D eigenvalue weighted by molar-refractivity contribution is -0.137. The molecule has 1 N–H and O–H groups in total. The molecule has 0 saturated carbocycles. The molecule has 3 aromatic rings. The van der Waals surface area contributed by atoms with Crippen molar-refractivity contribution in [2.24, 2.45) is 0 Å². The van der Waals surface area contributed by atoms with Gasteiger partial charge in [0, 0.05) is 42.7 Å². The number of nitrogens with zero attached hydrogens (tertiary/aromatic N) is 1. The van der Waals surface area contributed by atoms with Crippen molar-refractivity contribution in [3.8, 4) is 16.9 Å². The summed E-state index contributed by atoms with van der Waals surface area (Å²) in [4.78, 5) is 0. The fraction of sp³-hybridized carbons (Fsp3) is 0.300. The maximum Gasteiger partial charge on any atom is 0.417 e. The number of fused-ring (bicyclic) bond motifs is 3. The minimum atomic E-state index is -4.46. The molecule has 0 radical (unpaired) electrons. The molecule has 1 aliphatic heterocycles. The van der Waals surface area contributed by atoms with Crippen molar-refractivity contribution >= 4 is 10.9 Å². The number of benzene rings is 2. The van der Waals surface area contributed by atoms with Crippen LogP contribution in [0.25, 0.3) is 22.0 Å². The molecule has 0 fully saturated rings. The molecule has 1 aliphatic rings. The van der Waals surface area contributed by atoms with E-state index >= 15 is 0 Å². The molecule has 0 bridgehead atoms. The minimum Gasteiger partial charge on any atom is -0.497 e. The molecule has 26 heavy (non-hydrogen) atoms. The number of para-hydroxylation sites is 1. The Morgan fingerprint density at radius 1 is 1.04 bits per heavy atom. The predicted molar refractivity (Wildman–Crippen MR) is 95.5 cm³/mol. The molecule has 136 valence electrons. The largest absolute Gasteiger partial charge is 0.497 e. The van der Waals surface area contributed by atoms with E-state index in [0.717, 1.165) is 48.7 Å². The van der Waals surface area contributed by atoms with Crippen molar-refractivity contribution in [3.63, 3.8) is 0 Å². The van der Waals surface area contributed by atoms with E-state index in [2.05, 4.69) is 16.0 Å². The van der Waals surface area contributed by atoms with Crippen LogP contribution in [0.3, 0.4) is 0 Å². The third-order valence-electron chi connectivity index (χ3n) is 4.90. The fourth-order valence-electron chi connectivity index (χ4n) is 3.71. The van der Waals surface area contributed by atoms with Crippen LogP contribution in [-0.4, -0.2) is 24.8 Å². The van der Waals surface area contributed by atoms with Gasteiger partial charge in [-0.05, 0) is 23.8 Å². The number of methoxy groups -OCH3 is 1. The second-order valence-corrected chi connectivity index (χ2v) is 6.44. The Balaban J connectivity index is 1.99. The molecule has 1 aromatic heterocycles. The summed E-state index contributed by atoms with van der Waals surface area (Å²) in [6.07, 6.45) is -3.59. The van der Waals surface area contributed by atoms with Crippen molar-refractivity contribution in [3.05, 3.63) is 53.7 Å². The Morgan fingerprint density at radius 3 is 2.65 bits per heavy atom. The topological polar surface area (TPSA) is 26.2 Å². The SMILES string of the molecule is COc1ccc(-c2cccc3cc4n(c23)CCNCC4)c(C(F)(F)F)c1. The second kappa shape index (κ2) is 6.36. The van der Waals surface area contributed by atoms with Crippen LogP contribution >= 0.6 is 0 Å². The third kappa shape index (κ3) is 2.84. The Bertz CT molecular complexity index is 960. The molecule has 0 unspecified atom stereocenters. The number of nitrogens with one attached hydrogen (secondary N) is 1. The van der Waals surface area contributed by atoms with E-state index in [4.69, 9.17) is 4.74 Å². The zero-order valence-corrected chi connectivity index (χ0v) is 14.4. The highest BCUT2D eigenvalue weighted by molar-refractivity contribution is 5.96. The summed E-state index contributed by atoms with van der Waals surface area (Å²) in [5, 5.41) is 4.31. The molecule has 4 rings (SSSR count). The maximum absolute atomic E-state index is 13.7. The third-order valence-corrected chi connectivity index (χ3v) is 4.90. The van der Waals surface area contributed by atoms with Crippen LogP contribution in [0.5, 0.6) is 5.75 Å².